The second-order valence-corrected chi connectivity index (χ2v) is 5.12. The number of anilines is 1. The van der Waals surface area contributed by atoms with Crippen LogP contribution in [0.5, 0.6) is 0 Å². The monoisotopic (exact) mass is 345 g/mol. The number of halogens is 2. The Balaban J connectivity index is 2.06. The second kappa shape index (κ2) is 6.27. The van der Waals surface area contributed by atoms with Crippen LogP contribution in [0, 0.1) is 0 Å². The average molecular weight is 346 g/mol. The van der Waals surface area contributed by atoms with Gasteiger partial charge >= 0.3 is 5.97 Å². The van der Waals surface area contributed by atoms with Gasteiger partial charge in [-0.1, -0.05) is 6.07 Å². The van der Waals surface area contributed by atoms with E-state index in [2.05, 4.69) is 31.5 Å². The largest absolute Gasteiger partial charge is 0.457 e. The molecule has 0 bridgehead atoms. The average Bonchev–Trinajstić information content (AvgIpc) is 2.70. The number of rotatable bonds is 3. The van der Waals surface area contributed by atoms with E-state index in [0.717, 1.165) is 0 Å². The molecule has 1 amide bonds. The summed E-state index contributed by atoms with van der Waals surface area (Å²) in [5.74, 6) is -0.795. The molecule has 2 heterocycles. The van der Waals surface area contributed by atoms with Gasteiger partial charge in [-0.15, -0.1) is 0 Å². The molecule has 0 aliphatic carbocycles. The quantitative estimate of drug-likeness (QED) is 0.631. The molecule has 1 aliphatic rings. The van der Waals surface area contributed by atoms with Gasteiger partial charge in [-0.2, -0.15) is 0 Å². The highest BCUT2D eigenvalue weighted by Crippen LogP contribution is 2.18. The summed E-state index contributed by atoms with van der Waals surface area (Å²) in [7, 11) is 0. The molecule has 3 atom stereocenters. The van der Waals surface area contributed by atoms with Crippen molar-refractivity contribution < 1.29 is 18.7 Å². The van der Waals surface area contributed by atoms with Crippen LogP contribution in [0.4, 0.5) is 10.2 Å². The van der Waals surface area contributed by atoms with Crippen molar-refractivity contribution in [3.8, 4) is 0 Å². The molecule has 108 valence electrons. The number of amides is 1. The van der Waals surface area contributed by atoms with Crippen LogP contribution in [-0.4, -0.2) is 41.7 Å². The number of hydrogen-bond acceptors (Lipinski definition) is 5. The Kier molecular flexibility index (Phi) is 4.66. The zero-order valence-electron chi connectivity index (χ0n) is 10.6. The molecule has 0 spiro atoms. The number of nitrogens with one attached hydrogen (secondary N) is 2. The van der Waals surface area contributed by atoms with E-state index >= 15 is 0 Å². The van der Waals surface area contributed by atoms with Gasteiger partial charge in [0.15, 0.2) is 12.3 Å². The maximum Gasteiger partial charge on any atom is 0.303 e. The molecule has 0 saturated carbocycles. The third-order valence-electron chi connectivity index (χ3n) is 2.77. The van der Waals surface area contributed by atoms with E-state index in [4.69, 9.17) is 4.74 Å². The van der Waals surface area contributed by atoms with Crippen LogP contribution in [-0.2, 0) is 14.3 Å². The highest BCUT2D eigenvalue weighted by molar-refractivity contribution is 9.10. The van der Waals surface area contributed by atoms with Gasteiger partial charge in [-0.25, -0.2) is 9.37 Å². The zero-order valence-corrected chi connectivity index (χ0v) is 12.2. The number of ether oxygens (including phenoxy) is 1. The fraction of sp³-hybridized carbons (Fsp3) is 0.417. The summed E-state index contributed by atoms with van der Waals surface area (Å²) in [4.78, 5) is 27.1. The van der Waals surface area contributed by atoms with E-state index in [1.54, 1.807) is 18.2 Å². The summed E-state index contributed by atoms with van der Waals surface area (Å²) in [5.41, 5.74) is 0. The number of hydrogen-bond donors (Lipinski definition) is 2. The summed E-state index contributed by atoms with van der Waals surface area (Å²) in [5, 5.41) is 5.24. The van der Waals surface area contributed by atoms with Crippen molar-refractivity contribution in [2.75, 3.05) is 11.9 Å². The molecule has 20 heavy (non-hydrogen) atoms. The number of aromatic nitrogens is 1. The van der Waals surface area contributed by atoms with Crippen molar-refractivity contribution in [3.05, 3.63) is 22.8 Å². The van der Waals surface area contributed by atoms with Crippen molar-refractivity contribution >= 4 is 33.6 Å². The first kappa shape index (κ1) is 14.9. The predicted molar refractivity (Wildman–Crippen MR) is 72.8 cm³/mol. The minimum Gasteiger partial charge on any atom is -0.457 e. The van der Waals surface area contributed by atoms with Gasteiger partial charge in [0.1, 0.15) is 16.5 Å². The molecule has 0 radical (unpaired) electrons. The molecule has 1 aromatic heterocycles. The fourth-order valence-electron chi connectivity index (χ4n) is 1.94. The standard InChI is InChI=1S/C12H13BrFN3O3/c1-6(18)20-11-7(14)5-15-10(11)12(19)17-9-4-2-3-8(13)16-9/h2-4,7,10-11,15H,5H2,1H3,(H,16,17,19). The summed E-state index contributed by atoms with van der Waals surface area (Å²) >= 11 is 3.18. The predicted octanol–water partition coefficient (Wildman–Crippen LogP) is 1.02. The molecule has 1 saturated heterocycles. The van der Waals surface area contributed by atoms with Crippen LogP contribution in [0.2, 0.25) is 0 Å². The SMILES string of the molecule is CC(=O)OC1C(F)CNC1C(=O)Nc1cccc(Br)n1. The maximum atomic E-state index is 13.6. The lowest BCUT2D eigenvalue weighted by Crippen LogP contribution is -2.45. The minimum absolute atomic E-state index is 0.0397. The Morgan fingerprint density at radius 1 is 1.55 bits per heavy atom. The highest BCUT2D eigenvalue weighted by atomic mass is 79.9. The van der Waals surface area contributed by atoms with E-state index in [1.807, 2.05) is 0 Å². The topological polar surface area (TPSA) is 80.3 Å². The van der Waals surface area contributed by atoms with Crippen molar-refractivity contribution in [3.63, 3.8) is 0 Å². The van der Waals surface area contributed by atoms with E-state index in [0.29, 0.717) is 10.4 Å². The van der Waals surface area contributed by atoms with E-state index in [1.165, 1.54) is 6.92 Å². The van der Waals surface area contributed by atoms with Crippen LogP contribution in [0.25, 0.3) is 0 Å². The lowest BCUT2D eigenvalue weighted by Gasteiger charge is -2.19. The van der Waals surface area contributed by atoms with Gasteiger partial charge in [0.25, 0.3) is 0 Å². The number of carbonyl (C=O) groups is 2. The molecule has 0 aromatic carbocycles. The molecule has 2 N–H and O–H groups in total. The van der Waals surface area contributed by atoms with Crippen molar-refractivity contribution in [2.24, 2.45) is 0 Å². The van der Waals surface area contributed by atoms with Crippen molar-refractivity contribution in [1.29, 1.82) is 0 Å². The number of nitrogens with zero attached hydrogens (tertiary/aromatic N) is 1. The van der Waals surface area contributed by atoms with Gasteiger partial charge in [0.2, 0.25) is 5.91 Å². The molecule has 1 fully saturated rings. The van der Waals surface area contributed by atoms with Crippen LogP contribution in [0.1, 0.15) is 6.92 Å². The molecule has 1 aromatic rings. The lowest BCUT2D eigenvalue weighted by atomic mass is 10.1. The van der Waals surface area contributed by atoms with Crippen LogP contribution in [0.3, 0.4) is 0 Å². The van der Waals surface area contributed by atoms with Gasteiger partial charge < -0.3 is 10.1 Å². The molecular formula is C12H13BrFN3O3. The first-order chi connectivity index (χ1) is 9.47. The fourth-order valence-corrected chi connectivity index (χ4v) is 2.28. The lowest BCUT2D eigenvalue weighted by molar-refractivity contribution is -0.150. The van der Waals surface area contributed by atoms with Crippen molar-refractivity contribution in [1.82, 2.24) is 10.3 Å². The summed E-state index contributed by atoms with van der Waals surface area (Å²) in [6.45, 7) is 1.14. The first-order valence-electron chi connectivity index (χ1n) is 5.95. The minimum atomic E-state index is -1.41. The maximum absolute atomic E-state index is 13.6. The second-order valence-electron chi connectivity index (χ2n) is 4.31. The Morgan fingerprint density at radius 3 is 2.95 bits per heavy atom. The Morgan fingerprint density at radius 2 is 2.30 bits per heavy atom. The summed E-state index contributed by atoms with van der Waals surface area (Å²) in [6, 6.07) is 4.08. The molecule has 1 aliphatic heterocycles. The Labute approximate surface area is 123 Å². The number of alkyl halides is 1. The number of carbonyl (C=O) groups excluding carboxylic acids is 2. The van der Waals surface area contributed by atoms with Gasteiger partial charge in [-0.05, 0) is 28.1 Å². The molecular weight excluding hydrogens is 333 g/mol. The number of esters is 1. The van der Waals surface area contributed by atoms with E-state index in [-0.39, 0.29) is 6.54 Å². The smallest absolute Gasteiger partial charge is 0.303 e. The zero-order chi connectivity index (χ0) is 14.7. The summed E-state index contributed by atoms with van der Waals surface area (Å²) < 4.78 is 19.0. The Bertz CT molecular complexity index is 528. The molecule has 3 unspecified atom stereocenters. The van der Waals surface area contributed by atoms with E-state index < -0.39 is 30.2 Å². The van der Waals surface area contributed by atoms with Gasteiger partial charge in [0.05, 0.1) is 0 Å². The Hall–Kier alpha value is -1.54. The first-order valence-corrected chi connectivity index (χ1v) is 6.75. The molecule has 8 heteroatoms. The normalized spacial score (nSPS) is 25.2. The van der Waals surface area contributed by atoms with Gasteiger partial charge in [-0.3, -0.25) is 14.9 Å². The third kappa shape index (κ3) is 3.51. The van der Waals surface area contributed by atoms with Crippen molar-refractivity contribution in [2.45, 2.75) is 25.2 Å². The van der Waals surface area contributed by atoms with Crippen LogP contribution in [0.15, 0.2) is 22.8 Å². The highest BCUT2D eigenvalue weighted by Gasteiger charge is 2.43. The van der Waals surface area contributed by atoms with Gasteiger partial charge in [0, 0.05) is 13.5 Å². The van der Waals surface area contributed by atoms with Crippen LogP contribution >= 0.6 is 15.9 Å². The number of pyridine rings is 1. The summed E-state index contributed by atoms with van der Waals surface area (Å²) in [6.07, 6.45) is -2.54. The molecule has 2 rings (SSSR count). The van der Waals surface area contributed by atoms with E-state index in [9.17, 15) is 14.0 Å². The third-order valence-corrected chi connectivity index (χ3v) is 3.21. The molecule has 6 nitrogen and oxygen atoms in total. The van der Waals surface area contributed by atoms with Crippen LogP contribution < -0.4 is 10.6 Å².